The minimum atomic E-state index is -0.221. The molecule has 1 aliphatic rings. The molecule has 1 unspecified atom stereocenters. The van der Waals surface area contributed by atoms with Gasteiger partial charge in [0, 0.05) is 26.2 Å². The topological polar surface area (TPSA) is 48.3 Å². The van der Waals surface area contributed by atoms with Crippen molar-refractivity contribution >= 4 is 0 Å². The molecular formula is C15H21N3O. The van der Waals surface area contributed by atoms with E-state index >= 15 is 0 Å². The Hall–Kier alpha value is -1.41. The lowest BCUT2D eigenvalue weighted by molar-refractivity contribution is 0.0383. The van der Waals surface area contributed by atoms with Gasteiger partial charge in [-0.3, -0.25) is 10.2 Å². The van der Waals surface area contributed by atoms with E-state index in [0.29, 0.717) is 0 Å². The number of morpholine rings is 1. The van der Waals surface area contributed by atoms with Crippen LogP contribution >= 0.6 is 0 Å². The molecule has 102 valence electrons. The van der Waals surface area contributed by atoms with Gasteiger partial charge in [-0.15, -0.1) is 0 Å². The Balaban J connectivity index is 1.79. The summed E-state index contributed by atoms with van der Waals surface area (Å²) in [5.74, 6) is 0. The maximum Gasteiger partial charge on any atom is 0.121 e. The summed E-state index contributed by atoms with van der Waals surface area (Å²) < 4.78 is 5.31. The molecule has 2 rings (SSSR count). The van der Waals surface area contributed by atoms with Crippen molar-refractivity contribution in [3.05, 3.63) is 35.4 Å². The third kappa shape index (κ3) is 4.32. The molecule has 1 N–H and O–H groups in total. The highest BCUT2D eigenvalue weighted by atomic mass is 16.5. The van der Waals surface area contributed by atoms with Crippen molar-refractivity contribution in [2.24, 2.45) is 0 Å². The van der Waals surface area contributed by atoms with Crippen LogP contribution in [0.15, 0.2) is 24.3 Å². The van der Waals surface area contributed by atoms with E-state index < -0.39 is 0 Å². The zero-order valence-corrected chi connectivity index (χ0v) is 11.4. The highest BCUT2D eigenvalue weighted by Gasteiger charge is 2.12. The lowest BCUT2D eigenvalue weighted by Crippen LogP contribution is -2.40. The zero-order chi connectivity index (χ0) is 13.5. The minimum absolute atomic E-state index is 0.221. The third-order valence-corrected chi connectivity index (χ3v) is 3.42. The van der Waals surface area contributed by atoms with Crippen LogP contribution in [0.25, 0.3) is 0 Å². The number of nitriles is 1. The van der Waals surface area contributed by atoms with Gasteiger partial charge in [-0.1, -0.05) is 29.8 Å². The van der Waals surface area contributed by atoms with Gasteiger partial charge in [0.15, 0.2) is 0 Å². The van der Waals surface area contributed by atoms with Gasteiger partial charge in [-0.05, 0) is 12.5 Å². The number of hydrogen-bond donors (Lipinski definition) is 1. The van der Waals surface area contributed by atoms with E-state index in [0.717, 1.165) is 45.0 Å². The first kappa shape index (κ1) is 14.0. The Morgan fingerprint density at radius 1 is 1.32 bits per heavy atom. The molecule has 1 aromatic carbocycles. The van der Waals surface area contributed by atoms with Crippen LogP contribution in [0.5, 0.6) is 0 Å². The first-order chi connectivity index (χ1) is 9.29. The summed E-state index contributed by atoms with van der Waals surface area (Å²) in [5, 5.41) is 12.5. The SMILES string of the molecule is Cc1ccc(C(C#N)NCCN2CCOCC2)cc1. The smallest absolute Gasteiger partial charge is 0.121 e. The van der Waals surface area contributed by atoms with E-state index in [2.05, 4.69) is 23.2 Å². The Bertz CT molecular complexity index is 418. The van der Waals surface area contributed by atoms with Crippen molar-refractivity contribution in [2.45, 2.75) is 13.0 Å². The van der Waals surface area contributed by atoms with Crippen LogP contribution in [0.1, 0.15) is 17.2 Å². The molecule has 0 radical (unpaired) electrons. The van der Waals surface area contributed by atoms with E-state index in [1.807, 2.05) is 24.3 Å². The highest BCUT2D eigenvalue weighted by molar-refractivity contribution is 5.27. The number of nitrogens with zero attached hydrogens (tertiary/aromatic N) is 2. The van der Waals surface area contributed by atoms with Crippen LogP contribution in [0.3, 0.4) is 0 Å². The summed E-state index contributed by atoms with van der Waals surface area (Å²) in [5.41, 5.74) is 2.25. The summed E-state index contributed by atoms with van der Waals surface area (Å²) in [7, 11) is 0. The van der Waals surface area contributed by atoms with Crippen LogP contribution in [0.2, 0.25) is 0 Å². The molecule has 4 heteroatoms. The van der Waals surface area contributed by atoms with Crippen LogP contribution in [0.4, 0.5) is 0 Å². The van der Waals surface area contributed by atoms with E-state index in [-0.39, 0.29) is 6.04 Å². The molecule has 1 saturated heterocycles. The van der Waals surface area contributed by atoms with Crippen molar-refractivity contribution in [3.63, 3.8) is 0 Å². The second-order valence-corrected chi connectivity index (χ2v) is 4.88. The molecule has 1 aliphatic heterocycles. The molecule has 1 aromatic rings. The number of ether oxygens (including phenoxy) is 1. The molecule has 1 fully saturated rings. The maximum absolute atomic E-state index is 9.24. The molecule has 0 aliphatic carbocycles. The van der Waals surface area contributed by atoms with E-state index in [9.17, 15) is 5.26 Å². The van der Waals surface area contributed by atoms with Crippen LogP contribution in [-0.2, 0) is 4.74 Å². The average Bonchev–Trinajstić information content (AvgIpc) is 2.46. The molecule has 0 saturated carbocycles. The summed E-state index contributed by atoms with van der Waals surface area (Å²) in [6, 6.07) is 10.2. The van der Waals surface area contributed by atoms with E-state index in [1.54, 1.807) is 0 Å². The van der Waals surface area contributed by atoms with Crippen molar-refractivity contribution in [1.29, 1.82) is 5.26 Å². The predicted octanol–water partition coefficient (Wildman–Crippen LogP) is 1.48. The number of rotatable bonds is 5. The summed E-state index contributed by atoms with van der Waals surface area (Å²) in [4.78, 5) is 2.36. The molecular weight excluding hydrogens is 238 g/mol. The van der Waals surface area contributed by atoms with Crippen molar-refractivity contribution in [3.8, 4) is 6.07 Å². The lowest BCUT2D eigenvalue weighted by Gasteiger charge is -2.27. The van der Waals surface area contributed by atoms with Crippen LogP contribution in [0, 0.1) is 18.3 Å². The fourth-order valence-electron chi connectivity index (χ4n) is 2.19. The Morgan fingerprint density at radius 2 is 2.00 bits per heavy atom. The van der Waals surface area contributed by atoms with Crippen molar-refractivity contribution in [2.75, 3.05) is 39.4 Å². The molecule has 1 atom stereocenters. The summed E-state index contributed by atoms with van der Waals surface area (Å²) in [6.45, 7) is 7.46. The first-order valence-electron chi connectivity index (χ1n) is 6.79. The van der Waals surface area contributed by atoms with Gasteiger partial charge in [0.25, 0.3) is 0 Å². The van der Waals surface area contributed by atoms with Gasteiger partial charge in [-0.2, -0.15) is 5.26 Å². The zero-order valence-electron chi connectivity index (χ0n) is 11.4. The van der Waals surface area contributed by atoms with Crippen LogP contribution in [-0.4, -0.2) is 44.3 Å². The van der Waals surface area contributed by atoms with Gasteiger partial charge in [0.05, 0.1) is 19.3 Å². The summed E-state index contributed by atoms with van der Waals surface area (Å²) in [6.07, 6.45) is 0. The average molecular weight is 259 g/mol. The number of aryl methyl sites for hydroxylation is 1. The largest absolute Gasteiger partial charge is 0.379 e. The molecule has 0 bridgehead atoms. The van der Waals surface area contributed by atoms with E-state index in [1.165, 1.54) is 5.56 Å². The monoisotopic (exact) mass is 259 g/mol. The van der Waals surface area contributed by atoms with Gasteiger partial charge in [-0.25, -0.2) is 0 Å². The number of benzene rings is 1. The molecule has 0 spiro atoms. The van der Waals surface area contributed by atoms with Crippen LogP contribution < -0.4 is 5.32 Å². The summed E-state index contributed by atoms with van der Waals surface area (Å²) >= 11 is 0. The second-order valence-electron chi connectivity index (χ2n) is 4.88. The van der Waals surface area contributed by atoms with Crippen molar-refractivity contribution in [1.82, 2.24) is 10.2 Å². The van der Waals surface area contributed by atoms with Crippen molar-refractivity contribution < 1.29 is 4.74 Å². The predicted molar refractivity (Wildman–Crippen MR) is 74.8 cm³/mol. The number of hydrogen-bond acceptors (Lipinski definition) is 4. The molecule has 19 heavy (non-hydrogen) atoms. The van der Waals surface area contributed by atoms with Gasteiger partial charge >= 0.3 is 0 Å². The molecule has 4 nitrogen and oxygen atoms in total. The normalized spacial score (nSPS) is 17.9. The van der Waals surface area contributed by atoms with Gasteiger partial charge < -0.3 is 4.74 Å². The maximum atomic E-state index is 9.24. The molecule has 0 amide bonds. The third-order valence-electron chi connectivity index (χ3n) is 3.42. The second kappa shape index (κ2) is 7.25. The first-order valence-corrected chi connectivity index (χ1v) is 6.79. The quantitative estimate of drug-likeness (QED) is 0.870. The Kier molecular flexibility index (Phi) is 5.34. The lowest BCUT2D eigenvalue weighted by atomic mass is 10.1. The van der Waals surface area contributed by atoms with Gasteiger partial charge in [0.2, 0.25) is 0 Å². The Morgan fingerprint density at radius 3 is 2.63 bits per heavy atom. The Labute approximate surface area is 115 Å². The molecule has 1 heterocycles. The minimum Gasteiger partial charge on any atom is -0.379 e. The fraction of sp³-hybridized carbons (Fsp3) is 0.533. The number of nitrogens with one attached hydrogen (secondary N) is 1. The standard InChI is InChI=1S/C15H21N3O/c1-13-2-4-14(5-3-13)15(12-16)17-6-7-18-8-10-19-11-9-18/h2-5,15,17H,6-11H2,1H3. The fourth-order valence-corrected chi connectivity index (χ4v) is 2.19. The molecule has 0 aromatic heterocycles. The van der Waals surface area contributed by atoms with Gasteiger partial charge in [0.1, 0.15) is 6.04 Å². The highest BCUT2D eigenvalue weighted by Crippen LogP contribution is 2.12. The van der Waals surface area contributed by atoms with E-state index in [4.69, 9.17) is 4.74 Å².